The van der Waals surface area contributed by atoms with Gasteiger partial charge in [0.15, 0.2) is 0 Å². The molecule has 0 aliphatic carbocycles. The lowest BCUT2D eigenvalue weighted by Crippen LogP contribution is -2.43. The fraction of sp³-hybridized carbons (Fsp3) is 0.381. The highest BCUT2D eigenvalue weighted by Gasteiger charge is 2.36. The number of carbonyl (C=O) groups is 1. The maximum absolute atomic E-state index is 13.2. The highest BCUT2D eigenvalue weighted by molar-refractivity contribution is 7.89. The summed E-state index contributed by atoms with van der Waals surface area (Å²) in [5, 5.41) is 2.65. The van der Waals surface area contributed by atoms with E-state index >= 15 is 0 Å². The van der Waals surface area contributed by atoms with E-state index in [9.17, 15) is 26.4 Å². The van der Waals surface area contributed by atoms with E-state index in [1.165, 1.54) is 4.31 Å². The van der Waals surface area contributed by atoms with Crippen LogP contribution >= 0.6 is 0 Å². The maximum atomic E-state index is 13.2. The number of nitrogens with zero attached hydrogens (tertiary/aromatic N) is 1. The van der Waals surface area contributed by atoms with Gasteiger partial charge >= 0.3 is 6.18 Å². The number of hydrogen-bond acceptors (Lipinski definition) is 3. The van der Waals surface area contributed by atoms with Crippen LogP contribution in [0.15, 0.2) is 47.4 Å². The monoisotopic (exact) mass is 440 g/mol. The number of carbonyl (C=O) groups excluding carboxylic acids is 1. The summed E-state index contributed by atoms with van der Waals surface area (Å²) in [6.45, 7) is 4.01. The second kappa shape index (κ2) is 8.39. The van der Waals surface area contributed by atoms with Crippen LogP contribution in [-0.4, -0.2) is 37.8 Å². The number of halogens is 3. The van der Waals surface area contributed by atoms with Crippen molar-refractivity contribution in [1.29, 1.82) is 0 Å². The Balaban J connectivity index is 1.71. The number of aryl methyl sites for hydroxylation is 2. The molecule has 1 aliphatic heterocycles. The lowest BCUT2D eigenvalue weighted by Gasteiger charge is -2.25. The first kappa shape index (κ1) is 22.3. The van der Waals surface area contributed by atoms with Crippen molar-refractivity contribution < 1.29 is 26.4 Å². The number of nitrogens with one attached hydrogen (secondary N) is 1. The van der Waals surface area contributed by atoms with E-state index in [1.807, 2.05) is 13.0 Å². The fourth-order valence-electron chi connectivity index (χ4n) is 3.56. The third-order valence-electron chi connectivity index (χ3n) is 5.23. The first-order valence-corrected chi connectivity index (χ1v) is 11.0. The van der Waals surface area contributed by atoms with Gasteiger partial charge in [0.1, 0.15) is 0 Å². The Bertz CT molecular complexity index is 1030. The molecule has 5 nitrogen and oxygen atoms in total. The molecule has 1 N–H and O–H groups in total. The Labute approximate surface area is 173 Å². The van der Waals surface area contributed by atoms with E-state index in [4.69, 9.17) is 0 Å². The summed E-state index contributed by atoms with van der Waals surface area (Å²) in [4.78, 5) is 12.6. The smallest absolute Gasteiger partial charge is 0.350 e. The first-order valence-electron chi connectivity index (χ1n) is 9.54. The topological polar surface area (TPSA) is 66.5 Å². The second-order valence-electron chi connectivity index (χ2n) is 7.47. The predicted octanol–water partition coefficient (Wildman–Crippen LogP) is 3.91. The van der Waals surface area contributed by atoms with Gasteiger partial charge in [0.25, 0.3) is 5.91 Å². The standard InChI is InChI=1S/C21H23F3N2O3S/c1-14-5-6-15(2)19(12-14)30(28,29)26-11-3-4-18(26)13-25-20(27)16-7-9-17(10-8-16)21(22,23)24/h5-10,12,18H,3-4,11,13H2,1-2H3,(H,25,27)/t18-/m0/s1. The minimum atomic E-state index is -4.47. The molecule has 0 saturated carbocycles. The minimum absolute atomic E-state index is 0.0873. The number of sulfonamides is 1. The van der Waals surface area contributed by atoms with Gasteiger partial charge in [0.2, 0.25) is 10.0 Å². The molecule has 1 aliphatic rings. The number of rotatable bonds is 5. The Morgan fingerprint density at radius 1 is 1.13 bits per heavy atom. The van der Waals surface area contributed by atoms with Crippen LogP contribution in [0, 0.1) is 13.8 Å². The average molecular weight is 440 g/mol. The first-order chi connectivity index (χ1) is 14.0. The van der Waals surface area contributed by atoms with Gasteiger partial charge in [-0.1, -0.05) is 12.1 Å². The molecule has 162 valence electrons. The van der Waals surface area contributed by atoms with Gasteiger partial charge in [0, 0.05) is 24.7 Å². The zero-order valence-corrected chi connectivity index (χ0v) is 17.5. The SMILES string of the molecule is Cc1ccc(C)c(S(=O)(=O)N2CCC[C@H]2CNC(=O)c2ccc(C(F)(F)F)cc2)c1. The number of benzene rings is 2. The number of alkyl halides is 3. The molecule has 1 heterocycles. The molecular formula is C21H23F3N2O3S. The fourth-order valence-corrected chi connectivity index (χ4v) is 5.57. The van der Waals surface area contributed by atoms with E-state index < -0.39 is 33.7 Å². The Kier molecular flexibility index (Phi) is 6.24. The molecule has 2 aromatic carbocycles. The summed E-state index contributed by atoms with van der Waals surface area (Å²) < 4.78 is 65.7. The molecule has 9 heteroatoms. The molecule has 2 aromatic rings. The van der Waals surface area contributed by atoms with Gasteiger partial charge in [-0.05, 0) is 68.1 Å². The van der Waals surface area contributed by atoms with Crippen LogP contribution in [-0.2, 0) is 16.2 Å². The lowest BCUT2D eigenvalue weighted by atomic mass is 10.1. The van der Waals surface area contributed by atoms with Gasteiger partial charge in [-0.25, -0.2) is 8.42 Å². The van der Waals surface area contributed by atoms with Crippen molar-refractivity contribution in [3.63, 3.8) is 0 Å². The molecule has 0 spiro atoms. The van der Waals surface area contributed by atoms with Crippen molar-refractivity contribution in [2.45, 2.75) is 43.8 Å². The molecular weight excluding hydrogens is 417 g/mol. The Morgan fingerprint density at radius 3 is 2.43 bits per heavy atom. The number of hydrogen-bond donors (Lipinski definition) is 1. The summed E-state index contributed by atoms with van der Waals surface area (Å²) in [5.41, 5.74) is 0.746. The summed E-state index contributed by atoms with van der Waals surface area (Å²) >= 11 is 0. The molecule has 3 rings (SSSR count). The van der Waals surface area contributed by atoms with Gasteiger partial charge in [-0.2, -0.15) is 17.5 Å². The van der Waals surface area contributed by atoms with E-state index in [0.717, 1.165) is 29.8 Å². The molecule has 1 fully saturated rings. The molecule has 30 heavy (non-hydrogen) atoms. The Morgan fingerprint density at radius 2 is 1.80 bits per heavy atom. The van der Waals surface area contributed by atoms with Crippen molar-refractivity contribution in [3.05, 3.63) is 64.7 Å². The number of amides is 1. The van der Waals surface area contributed by atoms with E-state index in [0.29, 0.717) is 24.9 Å². The quantitative estimate of drug-likeness (QED) is 0.767. The minimum Gasteiger partial charge on any atom is -0.350 e. The normalized spacial score (nSPS) is 17.8. The van der Waals surface area contributed by atoms with Crippen LogP contribution in [0.4, 0.5) is 13.2 Å². The third kappa shape index (κ3) is 4.67. The van der Waals surface area contributed by atoms with Gasteiger partial charge in [0.05, 0.1) is 10.5 Å². The zero-order valence-electron chi connectivity index (χ0n) is 16.7. The molecule has 0 radical (unpaired) electrons. The lowest BCUT2D eigenvalue weighted by molar-refractivity contribution is -0.137. The van der Waals surface area contributed by atoms with Gasteiger partial charge in [-0.3, -0.25) is 4.79 Å². The van der Waals surface area contributed by atoms with Crippen LogP contribution in [0.1, 0.15) is 39.9 Å². The van der Waals surface area contributed by atoms with E-state index in [-0.39, 0.29) is 17.0 Å². The van der Waals surface area contributed by atoms with Crippen molar-refractivity contribution in [2.24, 2.45) is 0 Å². The summed E-state index contributed by atoms with van der Waals surface area (Å²) in [6, 6.07) is 8.76. The molecule has 1 saturated heterocycles. The largest absolute Gasteiger partial charge is 0.416 e. The molecule has 1 atom stereocenters. The van der Waals surface area contributed by atoms with Crippen LogP contribution in [0.3, 0.4) is 0 Å². The van der Waals surface area contributed by atoms with Crippen LogP contribution in [0.2, 0.25) is 0 Å². The third-order valence-corrected chi connectivity index (χ3v) is 7.32. The van der Waals surface area contributed by atoms with Gasteiger partial charge < -0.3 is 5.32 Å². The summed E-state index contributed by atoms with van der Waals surface area (Å²) in [5.74, 6) is -0.542. The van der Waals surface area contributed by atoms with Crippen LogP contribution in [0.25, 0.3) is 0 Å². The zero-order chi connectivity index (χ0) is 22.1. The van der Waals surface area contributed by atoms with E-state index in [1.54, 1.807) is 19.1 Å². The maximum Gasteiger partial charge on any atom is 0.416 e. The van der Waals surface area contributed by atoms with E-state index in [2.05, 4.69) is 5.32 Å². The highest BCUT2D eigenvalue weighted by Crippen LogP contribution is 2.30. The molecule has 0 aromatic heterocycles. The summed E-state index contributed by atoms with van der Waals surface area (Å²) in [6.07, 6.45) is -3.20. The summed E-state index contributed by atoms with van der Waals surface area (Å²) in [7, 11) is -3.72. The predicted molar refractivity (Wildman–Crippen MR) is 107 cm³/mol. The van der Waals surface area contributed by atoms with Crippen molar-refractivity contribution in [2.75, 3.05) is 13.1 Å². The van der Waals surface area contributed by atoms with Crippen molar-refractivity contribution >= 4 is 15.9 Å². The average Bonchev–Trinajstić information content (AvgIpc) is 3.17. The molecule has 1 amide bonds. The van der Waals surface area contributed by atoms with Crippen LogP contribution < -0.4 is 5.32 Å². The molecule has 0 bridgehead atoms. The Hall–Kier alpha value is -2.39. The van der Waals surface area contributed by atoms with Crippen LogP contribution in [0.5, 0.6) is 0 Å². The van der Waals surface area contributed by atoms with Crippen molar-refractivity contribution in [1.82, 2.24) is 9.62 Å². The van der Waals surface area contributed by atoms with Crippen molar-refractivity contribution in [3.8, 4) is 0 Å². The van der Waals surface area contributed by atoms with Gasteiger partial charge in [-0.15, -0.1) is 0 Å². The highest BCUT2D eigenvalue weighted by atomic mass is 32.2. The molecule has 0 unspecified atom stereocenters. The second-order valence-corrected chi connectivity index (χ2v) is 9.32.